The van der Waals surface area contributed by atoms with E-state index in [1.165, 1.54) is 0 Å². The molecule has 0 bridgehead atoms. The number of anilines is 1. The first-order chi connectivity index (χ1) is 8.75. The summed E-state index contributed by atoms with van der Waals surface area (Å²) in [7, 11) is 0. The molecule has 0 radical (unpaired) electrons. The lowest BCUT2D eigenvalue weighted by Gasteiger charge is -2.39. The minimum atomic E-state index is -0.527. The van der Waals surface area contributed by atoms with Crippen molar-refractivity contribution < 1.29 is 14.3 Å². The summed E-state index contributed by atoms with van der Waals surface area (Å²) in [4.78, 5) is 26.0. The number of ether oxygens (including phenoxy) is 1. The van der Waals surface area contributed by atoms with Crippen molar-refractivity contribution in [3.8, 4) is 5.75 Å². The van der Waals surface area contributed by atoms with Crippen LogP contribution in [0, 0.1) is 0 Å². The summed E-state index contributed by atoms with van der Waals surface area (Å²) in [6.45, 7) is 0.0282. The van der Waals surface area contributed by atoms with Crippen molar-refractivity contribution in [2.24, 2.45) is 4.99 Å². The number of hydrogen-bond donors (Lipinski definition) is 1. The molecular weight excluding hydrogens is 232 g/mol. The summed E-state index contributed by atoms with van der Waals surface area (Å²) in [6, 6.07) is 5.54. The predicted molar refractivity (Wildman–Crippen MR) is 64.2 cm³/mol. The Morgan fingerprint density at radius 2 is 2.22 bits per heavy atom. The van der Waals surface area contributed by atoms with Crippen LogP contribution >= 0.6 is 0 Å². The highest BCUT2D eigenvalue weighted by molar-refractivity contribution is 5.96. The maximum Gasteiger partial charge on any atom is 0.262 e. The molecular formula is C13H12N2O3. The minimum absolute atomic E-state index is 0.0282. The Bertz CT molecular complexity index is 557. The Labute approximate surface area is 104 Å². The molecule has 3 rings (SSSR count). The highest BCUT2D eigenvalue weighted by Crippen LogP contribution is 2.49. The molecule has 0 saturated heterocycles. The van der Waals surface area contributed by atoms with Gasteiger partial charge >= 0.3 is 0 Å². The Morgan fingerprint density at radius 1 is 1.39 bits per heavy atom. The molecule has 1 heterocycles. The highest BCUT2D eigenvalue weighted by atomic mass is 16.5. The Morgan fingerprint density at radius 3 is 2.89 bits per heavy atom. The lowest BCUT2D eigenvalue weighted by Crippen LogP contribution is -2.35. The van der Waals surface area contributed by atoms with Gasteiger partial charge < -0.3 is 10.1 Å². The van der Waals surface area contributed by atoms with Gasteiger partial charge in [-0.3, -0.25) is 4.79 Å². The van der Waals surface area contributed by atoms with Gasteiger partial charge in [0.15, 0.2) is 6.61 Å². The molecule has 1 aliphatic carbocycles. The number of hydrogen-bond acceptors (Lipinski definition) is 4. The largest absolute Gasteiger partial charge is 0.482 e. The topological polar surface area (TPSA) is 67.8 Å². The molecule has 1 N–H and O–H groups in total. The van der Waals surface area contributed by atoms with Gasteiger partial charge in [-0.25, -0.2) is 4.79 Å². The number of carbonyl (C=O) groups is 1. The first-order valence-electron chi connectivity index (χ1n) is 5.90. The second kappa shape index (κ2) is 3.96. The fourth-order valence-electron chi connectivity index (χ4n) is 2.53. The smallest absolute Gasteiger partial charge is 0.262 e. The molecule has 1 aromatic carbocycles. The molecule has 0 spiro atoms. The normalized spacial score (nSPS) is 19.7. The van der Waals surface area contributed by atoms with E-state index in [1.54, 1.807) is 12.1 Å². The number of nitrogens with one attached hydrogen (secondary N) is 1. The van der Waals surface area contributed by atoms with Crippen molar-refractivity contribution in [3.05, 3.63) is 23.8 Å². The second-order valence-electron chi connectivity index (χ2n) is 4.60. The fourth-order valence-corrected chi connectivity index (χ4v) is 2.53. The van der Waals surface area contributed by atoms with Gasteiger partial charge in [0, 0.05) is 5.56 Å². The number of nitrogens with zero attached hydrogens (tertiary/aromatic N) is 1. The van der Waals surface area contributed by atoms with Crippen molar-refractivity contribution in [2.45, 2.75) is 24.8 Å². The second-order valence-corrected chi connectivity index (χ2v) is 4.60. The maximum absolute atomic E-state index is 11.4. The number of para-hydroxylation sites is 1. The molecule has 0 unspecified atom stereocenters. The van der Waals surface area contributed by atoms with Crippen molar-refractivity contribution in [1.82, 2.24) is 0 Å². The number of carbonyl (C=O) groups excluding carboxylic acids is 2. The van der Waals surface area contributed by atoms with Crippen LogP contribution in [-0.4, -0.2) is 18.6 Å². The van der Waals surface area contributed by atoms with Crippen LogP contribution in [0.2, 0.25) is 0 Å². The lowest BCUT2D eigenvalue weighted by molar-refractivity contribution is -0.118. The Hall–Kier alpha value is -2.13. The van der Waals surface area contributed by atoms with Gasteiger partial charge in [0.1, 0.15) is 11.3 Å². The van der Waals surface area contributed by atoms with E-state index in [0.29, 0.717) is 11.4 Å². The van der Waals surface area contributed by atoms with Crippen LogP contribution in [0.5, 0.6) is 5.75 Å². The molecule has 1 aromatic rings. The van der Waals surface area contributed by atoms with Crippen molar-refractivity contribution in [1.29, 1.82) is 0 Å². The summed E-state index contributed by atoms with van der Waals surface area (Å²) >= 11 is 0. The third kappa shape index (κ3) is 1.52. The van der Waals surface area contributed by atoms with Crippen LogP contribution in [-0.2, 0) is 15.1 Å². The molecule has 92 valence electrons. The molecule has 1 amide bonds. The van der Waals surface area contributed by atoms with Crippen LogP contribution in [0.25, 0.3) is 0 Å². The van der Waals surface area contributed by atoms with Gasteiger partial charge in [0.25, 0.3) is 5.91 Å². The van der Waals surface area contributed by atoms with Crippen LogP contribution in [0.4, 0.5) is 5.69 Å². The SMILES string of the molecule is O=C=NC1(c2cccc3c2NC(=O)CO3)CCC1. The van der Waals surface area contributed by atoms with E-state index in [-0.39, 0.29) is 12.5 Å². The van der Waals surface area contributed by atoms with Crippen molar-refractivity contribution in [2.75, 3.05) is 11.9 Å². The Kier molecular flexibility index (Phi) is 2.42. The van der Waals surface area contributed by atoms with Gasteiger partial charge in [-0.2, -0.15) is 4.99 Å². The van der Waals surface area contributed by atoms with E-state index in [2.05, 4.69) is 10.3 Å². The first kappa shape index (κ1) is 11.0. The molecule has 2 aliphatic rings. The number of aliphatic imine (C=N–C) groups is 1. The van der Waals surface area contributed by atoms with Gasteiger partial charge in [0.05, 0.1) is 5.69 Å². The third-order valence-corrected chi connectivity index (χ3v) is 3.59. The molecule has 5 nitrogen and oxygen atoms in total. The van der Waals surface area contributed by atoms with Gasteiger partial charge in [-0.15, -0.1) is 0 Å². The summed E-state index contributed by atoms with van der Waals surface area (Å²) < 4.78 is 5.37. The average molecular weight is 244 g/mol. The van der Waals surface area contributed by atoms with E-state index in [4.69, 9.17) is 4.74 Å². The number of benzene rings is 1. The van der Waals surface area contributed by atoms with Gasteiger partial charge in [0.2, 0.25) is 6.08 Å². The zero-order chi connectivity index (χ0) is 12.6. The number of amides is 1. The molecule has 0 aromatic heterocycles. The predicted octanol–water partition coefficient (Wildman–Crippen LogP) is 1.73. The molecule has 1 saturated carbocycles. The number of fused-ring (bicyclic) bond motifs is 1. The van der Waals surface area contributed by atoms with Crippen LogP contribution in [0.3, 0.4) is 0 Å². The number of isocyanates is 1. The molecule has 0 atom stereocenters. The monoisotopic (exact) mass is 244 g/mol. The summed E-state index contributed by atoms with van der Waals surface area (Å²) in [6.07, 6.45) is 4.27. The Balaban J connectivity index is 2.12. The van der Waals surface area contributed by atoms with Gasteiger partial charge in [-0.05, 0) is 25.3 Å². The molecule has 18 heavy (non-hydrogen) atoms. The molecule has 5 heteroatoms. The summed E-state index contributed by atoms with van der Waals surface area (Å²) in [5.74, 6) is 0.457. The van der Waals surface area contributed by atoms with Gasteiger partial charge in [-0.1, -0.05) is 12.1 Å². The minimum Gasteiger partial charge on any atom is -0.482 e. The number of rotatable bonds is 2. The average Bonchev–Trinajstić information content (AvgIpc) is 2.33. The summed E-state index contributed by atoms with van der Waals surface area (Å²) in [5.41, 5.74) is 0.969. The first-order valence-corrected chi connectivity index (χ1v) is 5.90. The quantitative estimate of drug-likeness (QED) is 0.636. The van der Waals surface area contributed by atoms with Crippen LogP contribution in [0.1, 0.15) is 24.8 Å². The van der Waals surface area contributed by atoms with E-state index in [1.807, 2.05) is 12.1 Å². The highest BCUT2D eigenvalue weighted by Gasteiger charge is 2.42. The zero-order valence-corrected chi connectivity index (χ0v) is 9.73. The van der Waals surface area contributed by atoms with Crippen LogP contribution in [0.15, 0.2) is 23.2 Å². The van der Waals surface area contributed by atoms with E-state index < -0.39 is 5.54 Å². The van der Waals surface area contributed by atoms with E-state index >= 15 is 0 Å². The summed E-state index contributed by atoms with van der Waals surface area (Å²) in [5, 5.41) is 2.81. The zero-order valence-electron chi connectivity index (χ0n) is 9.73. The standard InChI is InChI=1S/C13H12N2O3/c16-8-14-13(5-2-6-13)9-3-1-4-10-12(9)15-11(17)7-18-10/h1,3-4H,2,5-7H2,(H,15,17). The van der Waals surface area contributed by atoms with Crippen LogP contribution < -0.4 is 10.1 Å². The molecule has 1 fully saturated rings. The van der Waals surface area contributed by atoms with Crippen molar-refractivity contribution in [3.63, 3.8) is 0 Å². The van der Waals surface area contributed by atoms with E-state index in [9.17, 15) is 9.59 Å². The third-order valence-electron chi connectivity index (χ3n) is 3.59. The lowest BCUT2D eigenvalue weighted by atomic mass is 9.71. The molecule has 1 aliphatic heterocycles. The maximum atomic E-state index is 11.4. The van der Waals surface area contributed by atoms with Crippen molar-refractivity contribution >= 4 is 17.7 Å². The fraction of sp³-hybridized carbons (Fsp3) is 0.385. The van der Waals surface area contributed by atoms with E-state index in [0.717, 1.165) is 24.8 Å².